The lowest BCUT2D eigenvalue weighted by Gasteiger charge is -2.43. The highest BCUT2D eigenvalue weighted by Gasteiger charge is 2.41. The number of benzene rings is 1. The Bertz CT molecular complexity index is 943. The number of aliphatic hydroxyl groups is 1. The van der Waals surface area contributed by atoms with E-state index < -0.39 is 6.10 Å². The standard InChI is InChI=1S/C30H38O4/c1-29(18-8-6-15-26(29)17-23-34-24-28(32)33-2)19-9-7-16-27(31)30(21-11-22-30)20-10-14-25-12-4-3-5-13-25/h3-5,7,9,12-13,16-17,19,27,31H,6,8,11,15,18,20-24H2,1-2H3/b16-7+,19-9+,26-17+/t27-,29-/m0/s1. The van der Waals surface area contributed by atoms with E-state index in [1.165, 1.54) is 25.5 Å². The van der Waals surface area contributed by atoms with Gasteiger partial charge in [-0.15, -0.1) is 0 Å². The lowest BCUT2D eigenvalue weighted by Crippen LogP contribution is -2.40. The van der Waals surface area contributed by atoms with Gasteiger partial charge in [-0.25, -0.2) is 4.79 Å². The minimum absolute atomic E-state index is 0.0229. The van der Waals surface area contributed by atoms with Gasteiger partial charge in [-0.1, -0.05) is 85.8 Å². The predicted octanol–water partition coefficient (Wildman–Crippen LogP) is 5.77. The van der Waals surface area contributed by atoms with Gasteiger partial charge in [0.1, 0.15) is 6.61 Å². The van der Waals surface area contributed by atoms with Crippen LogP contribution in [-0.4, -0.2) is 37.5 Å². The molecule has 1 aromatic rings. The van der Waals surface area contributed by atoms with Crippen molar-refractivity contribution in [2.24, 2.45) is 10.8 Å². The van der Waals surface area contributed by atoms with Crippen molar-refractivity contribution in [3.8, 4) is 11.8 Å². The number of hydrogen-bond acceptors (Lipinski definition) is 4. The summed E-state index contributed by atoms with van der Waals surface area (Å²) < 4.78 is 10.0. The maximum atomic E-state index is 11.2. The second-order valence-electron chi connectivity index (χ2n) is 9.69. The third-order valence-electron chi connectivity index (χ3n) is 7.31. The van der Waals surface area contributed by atoms with Crippen LogP contribution >= 0.6 is 0 Å². The molecule has 2 aliphatic carbocycles. The Balaban J connectivity index is 1.57. The third-order valence-corrected chi connectivity index (χ3v) is 7.31. The molecule has 4 nitrogen and oxygen atoms in total. The zero-order chi connectivity index (χ0) is 24.3. The number of aliphatic hydroxyl groups excluding tert-OH is 1. The molecule has 2 fully saturated rings. The van der Waals surface area contributed by atoms with Gasteiger partial charge in [-0.05, 0) is 44.2 Å². The van der Waals surface area contributed by atoms with Crippen molar-refractivity contribution in [3.05, 3.63) is 71.8 Å². The Hall–Kier alpha value is -2.61. The van der Waals surface area contributed by atoms with Crippen LogP contribution in [0, 0.1) is 22.7 Å². The highest BCUT2D eigenvalue weighted by molar-refractivity contribution is 5.70. The predicted molar refractivity (Wildman–Crippen MR) is 136 cm³/mol. The first-order valence-electron chi connectivity index (χ1n) is 12.4. The molecule has 0 heterocycles. The molecule has 0 amide bonds. The highest BCUT2D eigenvalue weighted by atomic mass is 16.6. The van der Waals surface area contributed by atoms with Gasteiger partial charge in [-0.2, -0.15) is 0 Å². The summed E-state index contributed by atoms with van der Waals surface area (Å²) in [6.45, 7) is 2.64. The number of hydrogen-bond donors (Lipinski definition) is 1. The number of esters is 1. The Morgan fingerprint density at radius 1 is 1.15 bits per heavy atom. The van der Waals surface area contributed by atoms with Crippen molar-refractivity contribution >= 4 is 5.97 Å². The number of allylic oxidation sites excluding steroid dienone is 4. The Morgan fingerprint density at radius 3 is 2.65 bits per heavy atom. The number of ether oxygens (including phenoxy) is 2. The second kappa shape index (κ2) is 12.7. The summed E-state index contributed by atoms with van der Waals surface area (Å²) in [6, 6.07) is 10.0. The topological polar surface area (TPSA) is 55.8 Å². The van der Waals surface area contributed by atoms with E-state index in [4.69, 9.17) is 4.74 Å². The third kappa shape index (κ3) is 7.19. The van der Waals surface area contributed by atoms with Gasteiger partial charge in [0.05, 0.1) is 19.8 Å². The van der Waals surface area contributed by atoms with Crippen LogP contribution in [-0.2, 0) is 14.3 Å². The molecule has 4 heteroatoms. The first-order valence-corrected chi connectivity index (χ1v) is 12.4. The van der Waals surface area contributed by atoms with Crippen molar-refractivity contribution in [3.63, 3.8) is 0 Å². The normalized spacial score (nSPS) is 23.9. The summed E-state index contributed by atoms with van der Waals surface area (Å²) in [6.07, 6.45) is 18.2. The van der Waals surface area contributed by atoms with E-state index >= 15 is 0 Å². The lowest BCUT2D eigenvalue weighted by atomic mass is 9.63. The van der Waals surface area contributed by atoms with Crippen LogP contribution in [0.3, 0.4) is 0 Å². The fourth-order valence-electron chi connectivity index (χ4n) is 4.83. The Labute approximate surface area is 204 Å². The average molecular weight is 463 g/mol. The van der Waals surface area contributed by atoms with Gasteiger partial charge in [0, 0.05) is 22.8 Å². The van der Waals surface area contributed by atoms with Crippen molar-refractivity contribution in [2.45, 2.75) is 64.4 Å². The summed E-state index contributed by atoms with van der Waals surface area (Å²) in [5.74, 6) is 6.18. The van der Waals surface area contributed by atoms with E-state index in [1.807, 2.05) is 42.5 Å². The van der Waals surface area contributed by atoms with Crippen LogP contribution in [0.15, 0.2) is 66.3 Å². The van der Waals surface area contributed by atoms with Crippen molar-refractivity contribution in [2.75, 3.05) is 20.3 Å². The number of carbonyl (C=O) groups is 1. The van der Waals surface area contributed by atoms with E-state index in [0.29, 0.717) is 13.0 Å². The first kappa shape index (κ1) is 26.0. The molecule has 182 valence electrons. The quantitative estimate of drug-likeness (QED) is 0.166. The molecule has 34 heavy (non-hydrogen) atoms. The molecule has 0 saturated heterocycles. The fourth-order valence-corrected chi connectivity index (χ4v) is 4.83. The average Bonchev–Trinajstić information content (AvgIpc) is 2.82. The second-order valence-corrected chi connectivity index (χ2v) is 9.69. The number of rotatable bonds is 9. The van der Waals surface area contributed by atoms with Gasteiger partial charge in [-0.3, -0.25) is 0 Å². The van der Waals surface area contributed by atoms with Crippen LogP contribution < -0.4 is 0 Å². The molecule has 0 spiro atoms. The highest BCUT2D eigenvalue weighted by Crippen LogP contribution is 2.47. The molecular formula is C30H38O4. The van der Waals surface area contributed by atoms with Crippen molar-refractivity contribution in [1.29, 1.82) is 0 Å². The molecule has 3 rings (SSSR count). The van der Waals surface area contributed by atoms with E-state index in [9.17, 15) is 9.90 Å². The minimum atomic E-state index is -0.489. The van der Waals surface area contributed by atoms with Crippen LogP contribution in [0.5, 0.6) is 0 Å². The van der Waals surface area contributed by atoms with Crippen LogP contribution in [0.1, 0.15) is 63.9 Å². The molecule has 0 radical (unpaired) electrons. The van der Waals surface area contributed by atoms with Gasteiger partial charge in [0.25, 0.3) is 0 Å². The zero-order valence-electron chi connectivity index (χ0n) is 20.6. The summed E-state index contributed by atoms with van der Waals surface area (Å²) in [5.41, 5.74) is 2.21. The van der Waals surface area contributed by atoms with E-state index in [0.717, 1.165) is 37.7 Å². The molecule has 1 aromatic carbocycles. The van der Waals surface area contributed by atoms with Crippen LogP contribution in [0.2, 0.25) is 0 Å². The fraction of sp³-hybridized carbons (Fsp3) is 0.500. The van der Waals surface area contributed by atoms with E-state index in [-0.39, 0.29) is 23.4 Å². The molecule has 0 bridgehead atoms. The summed E-state index contributed by atoms with van der Waals surface area (Å²) in [4.78, 5) is 11.2. The molecule has 0 aliphatic heterocycles. The van der Waals surface area contributed by atoms with Gasteiger partial charge >= 0.3 is 5.97 Å². The molecular weight excluding hydrogens is 424 g/mol. The van der Waals surface area contributed by atoms with Gasteiger partial charge in [0.15, 0.2) is 0 Å². The lowest BCUT2D eigenvalue weighted by molar-refractivity contribution is -0.145. The SMILES string of the molecule is COC(=O)COC/C=C1\CCCC[C@@]1(C)/C=C/C=C/[C@H](O)C1(CC#Cc2ccccc2)CCC1. The molecule has 0 aromatic heterocycles. The van der Waals surface area contributed by atoms with Gasteiger partial charge < -0.3 is 14.6 Å². The van der Waals surface area contributed by atoms with E-state index in [1.54, 1.807) is 0 Å². The van der Waals surface area contributed by atoms with Gasteiger partial charge in [0.2, 0.25) is 0 Å². The monoisotopic (exact) mass is 462 g/mol. The minimum Gasteiger partial charge on any atom is -0.467 e. The van der Waals surface area contributed by atoms with Crippen LogP contribution in [0.25, 0.3) is 0 Å². The first-order chi connectivity index (χ1) is 16.5. The number of carbonyl (C=O) groups excluding carboxylic acids is 1. The Kier molecular flexibility index (Phi) is 9.74. The largest absolute Gasteiger partial charge is 0.467 e. The van der Waals surface area contributed by atoms with Crippen molar-refractivity contribution < 1.29 is 19.4 Å². The Morgan fingerprint density at radius 2 is 1.94 bits per heavy atom. The van der Waals surface area contributed by atoms with Crippen molar-refractivity contribution in [1.82, 2.24) is 0 Å². The smallest absolute Gasteiger partial charge is 0.331 e. The number of methoxy groups -OCH3 is 1. The molecule has 2 aliphatic rings. The summed E-state index contributed by atoms with van der Waals surface area (Å²) in [5, 5.41) is 10.9. The molecule has 2 saturated carbocycles. The summed E-state index contributed by atoms with van der Waals surface area (Å²) in [7, 11) is 1.36. The van der Waals surface area contributed by atoms with E-state index in [2.05, 4.69) is 41.7 Å². The van der Waals surface area contributed by atoms with Crippen LogP contribution in [0.4, 0.5) is 0 Å². The maximum Gasteiger partial charge on any atom is 0.331 e. The zero-order valence-corrected chi connectivity index (χ0v) is 20.6. The molecule has 0 unspecified atom stereocenters. The molecule has 1 N–H and O–H groups in total. The molecule has 2 atom stereocenters. The summed E-state index contributed by atoms with van der Waals surface area (Å²) >= 11 is 0. The maximum absolute atomic E-state index is 11.2.